The summed E-state index contributed by atoms with van der Waals surface area (Å²) in [6.45, 7) is 10.3. The van der Waals surface area contributed by atoms with Crippen molar-refractivity contribution in [1.82, 2.24) is 0 Å². The molecule has 0 N–H and O–H groups in total. The number of hydrogen-bond donors (Lipinski definition) is 0. The first kappa shape index (κ1) is 13.4. The van der Waals surface area contributed by atoms with Gasteiger partial charge in [0, 0.05) is 5.56 Å². The molecule has 0 bridgehead atoms. The van der Waals surface area contributed by atoms with E-state index >= 15 is 0 Å². The molecule has 1 aliphatic heterocycles. The van der Waals surface area contributed by atoms with Crippen LogP contribution in [0.1, 0.15) is 37.0 Å². The van der Waals surface area contributed by atoms with Gasteiger partial charge in [0.25, 0.3) is 0 Å². The van der Waals surface area contributed by atoms with E-state index in [0.29, 0.717) is 6.61 Å². The standard InChI is InChI=1S/C15H22O3/c1-5-16-14-10-11(2)13(9-12(14)3)15(4)17-7-6-8-18-15/h9-10H,5-8H2,1-4H3. The second-order valence-electron chi connectivity index (χ2n) is 4.86. The lowest BCUT2D eigenvalue weighted by Gasteiger charge is -2.35. The van der Waals surface area contributed by atoms with E-state index in [1.165, 1.54) is 0 Å². The third kappa shape index (κ3) is 2.52. The van der Waals surface area contributed by atoms with E-state index in [0.717, 1.165) is 42.1 Å². The molecule has 0 radical (unpaired) electrons. The van der Waals surface area contributed by atoms with Crippen LogP contribution in [-0.4, -0.2) is 19.8 Å². The van der Waals surface area contributed by atoms with Crippen molar-refractivity contribution in [2.75, 3.05) is 19.8 Å². The summed E-state index contributed by atoms with van der Waals surface area (Å²) in [7, 11) is 0. The van der Waals surface area contributed by atoms with Gasteiger partial charge in [0.1, 0.15) is 5.75 Å². The normalized spacial score (nSPS) is 18.7. The van der Waals surface area contributed by atoms with Crippen LogP contribution in [0.25, 0.3) is 0 Å². The summed E-state index contributed by atoms with van der Waals surface area (Å²) in [5.41, 5.74) is 3.37. The Labute approximate surface area is 109 Å². The van der Waals surface area contributed by atoms with Crippen LogP contribution in [0.2, 0.25) is 0 Å². The van der Waals surface area contributed by atoms with Crippen molar-refractivity contribution in [3.05, 3.63) is 28.8 Å². The highest BCUT2D eigenvalue weighted by molar-refractivity contribution is 5.43. The number of ether oxygens (including phenoxy) is 3. The molecule has 1 aliphatic rings. The Bertz CT molecular complexity index is 420. The molecular formula is C15H22O3. The van der Waals surface area contributed by atoms with Crippen LogP contribution in [0.4, 0.5) is 0 Å². The second kappa shape index (κ2) is 5.29. The summed E-state index contributed by atoms with van der Waals surface area (Å²) in [5.74, 6) is 0.329. The highest BCUT2D eigenvalue weighted by Crippen LogP contribution is 2.35. The third-order valence-electron chi connectivity index (χ3n) is 3.35. The first-order valence-electron chi connectivity index (χ1n) is 6.59. The highest BCUT2D eigenvalue weighted by atomic mass is 16.7. The molecule has 1 aromatic rings. The van der Waals surface area contributed by atoms with Crippen molar-refractivity contribution >= 4 is 0 Å². The molecule has 0 atom stereocenters. The molecule has 1 heterocycles. The molecule has 0 saturated carbocycles. The zero-order chi connectivity index (χ0) is 13.2. The largest absolute Gasteiger partial charge is 0.494 e. The van der Waals surface area contributed by atoms with Gasteiger partial charge in [0.05, 0.1) is 19.8 Å². The Balaban J connectivity index is 2.36. The van der Waals surface area contributed by atoms with E-state index in [1.807, 2.05) is 13.8 Å². The summed E-state index contributed by atoms with van der Waals surface area (Å²) in [6, 6.07) is 4.19. The quantitative estimate of drug-likeness (QED) is 0.823. The first-order chi connectivity index (χ1) is 8.57. The van der Waals surface area contributed by atoms with Crippen LogP contribution < -0.4 is 4.74 Å². The molecule has 0 unspecified atom stereocenters. The molecule has 2 rings (SSSR count). The fourth-order valence-electron chi connectivity index (χ4n) is 2.38. The van der Waals surface area contributed by atoms with Crippen molar-refractivity contribution in [2.24, 2.45) is 0 Å². The molecular weight excluding hydrogens is 228 g/mol. The molecule has 3 nitrogen and oxygen atoms in total. The Hall–Kier alpha value is -1.06. The Morgan fingerprint density at radius 2 is 1.83 bits per heavy atom. The fourth-order valence-corrected chi connectivity index (χ4v) is 2.38. The van der Waals surface area contributed by atoms with E-state index in [-0.39, 0.29) is 0 Å². The predicted molar refractivity (Wildman–Crippen MR) is 71.0 cm³/mol. The predicted octanol–water partition coefficient (Wildman–Crippen LogP) is 3.31. The molecule has 0 aliphatic carbocycles. The van der Waals surface area contributed by atoms with Gasteiger partial charge in [-0.1, -0.05) is 0 Å². The fraction of sp³-hybridized carbons (Fsp3) is 0.600. The number of aryl methyl sites for hydroxylation is 2. The van der Waals surface area contributed by atoms with E-state index in [4.69, 9.17) is 14.2 Å². The maximum Gasteiger partial charge on any atom is 0.192 e. The Kier molecular flexibility index (Phi) is 3.93. The topological polar surface area (TPSA) is 27.7 Å². The summed E-state index contributed by atoms with van der Waals surface area (Å²) in [4.78, 5) is 0. The van der Waals surface area contributed by atoms with Crippen LogP contribution in [0.15, 0.2) is 12.1 Å². The van der Waals surface area contributed by atoms with Gasteiger partial charge in [-0.15, -0.1) is 0 Å². The van der Waals surface area contributed by atoms with Gasteiger partial charge >= 0.3 is 0 Å². The maximum atomic E-state index is 5.82. The summed E-state index contributed by atoms with van der Waals surface area (Å²) >= 11 is 0. The summed E-state index contributed by atoms with van der Waals surface area (Å²) < 4.78 is 17.3. The van der Waals surface area contributed by atoms with Crippen LogP contribution >= 0.6 is 0 Å². The number of rotatable bonds is 3. The van der Waals surface area contributed by atoms with E-state index in [1.54, 1.807) is 0 Å². The SMILES string of the molecule is CCOc1cc(C)c(C2(C)OCCCO2)cc1C. The average Bonchev–Trinajstić information content (AvgIpc) is 2.34. The number of hydrogen-bond acceptors (Lipinski definition) is 3. The van der Waals surface area contributed by atoms with Crippen molar-refractivity contribution in [3.63, 3.8) is 0 Å². The Morgan fingerprint density at radius 1 is 1.17 bits per heavy atom. The zero-order valence-corrected chi connectivity index (χ0v) is 11.7. The van der Waals surface area contributed by atoms with E-state index < -0.39 is 5.79 Å². The summed E-state index contributed by atoms with van der Waals surface area (Å²) in [5, 5.41) is 0. The molecule has 0 spiro atoms. The van der Waals surface area contributed by atoms with Crippen molar-refractivity contribution in [3.8, 4) is 5.75 Å². The highest BCUT2D eigenvalue weighted by Gasteiger charge is 2.33. The molecule has 1 aromatic carbocycles. The average molecular weight is 250 g/mol. The minimum absolute atomic E-state index is 0.613. The Morgan fingerprint density at radius 3 is 2.44 bits per heavy atom. The first-order valence-corrected chi connectivity index (χ1v) is 6.59. The van der Waals surface area contributed by atoms with Crippen molar-refractivity contribution in [1.29, 1.82) is 0 Å². The van der Waals surface area contributed by atoms with Gasteiger partial charge in [-0.2, -0.15) is 0 Å². The van der Waals surface area contributed by atoms with Gasteiger partial charge < -0.3 is 14.2 Å². The molecule has 0 amide bonds. The van der Waals surface area contributed by atoms with Crippen molar-refractivity contribution < 1.29 is 14.2 Å². The minimum Gasteiger partial charge on any atom is -0.494 e. The lowest BCUT2D eigenvalue weighted by atomic mass is 9.97. The third-order valence-corrected chi connectivity index (χ3v) is 3.35. The van der Waals surface area contributed by atoms with Crippen molar-refractivity contribution in [2.45, 2.75) is 39.9 Å². The number of benzene rings is 1. The van der Waals surface area contributed by atoms with Gasteiger partial charge in [0.2, 0.25) is 0 Å². The van der Waals surface area contributed by atoms with Crippen LogP contribution in [0.5, 0.6) is 5.75 Å². The second-order valence-corrected chi connectivity index (χ2v) is 4.86. The van der Waals surface area contributed by atoms with Crippen LogP contribution in [0, 0.1) is 13.8 Å². The lowest BCUT2D eigenvalue weighted by Crippen LogP contribution is -2.35. The van der Waals surface area contributed by atoms with E-state index in [9.17, 15) is 0 Å². The zero-order valence-electron chi connectivity index (χ0n) is 11.7. The molecule has 1 fully saturated rings. The van der Waals surface area contributed by atoms with Gasteiger partial charge in [-0.05, 0) is 57.4 Å². The van der Waals surface area contributed by atoms with Crippen LogP contribution in [-0.2, 0) is 15.3 Å². The van der Waals surface area contributed by atoms with Gasteiger partial charge in [0.15, 0.2) is 5.79 Å². The monoisotopic (exact) mass is 250 g/mol. The summed E-state index contributed by atoms with van der Waals surface area (Å²) in [6.07, 6.45) is 0.963. The van der Waals surface area contributed by atoms with Gasteiger partial charge in [-0.3, -0.25) is 0 Å². The molecule has 18 heavy (non-hydrogen) atoms. The lowest BCUT2D eigenvalue weighted by molar-refractivity contribution is -0.265. The smallest absolute Gasteiger partial charge is 0.192 e. The molecule has 1 saturated heterocycles. The molecule has 3 heteroatoms. The molecule has 100 valence electrons. The molecule has 0 aromatic heterocycles. The van der Waals surface area contributed by atoms with Crippen LogP contribution in [0.3, 0.4) is 0 Å². The van der Waals surface area contributed by atoms with E-state index in [2.05, 4.69) is 26.0 Å². The minimum atomic E-state index is -0.613. The van der Waals surface area contributed by atoms with Gasteiger partial charge in [-0.25, -0.2) is 0 Å². The maximum absolute atomic E-state index is 5.82.